The molecule has 0 bridgehead atoms. The van der Waals surface area contributed by atoms with Gasteiger partial charge in [0.15, 0.2) is 0 Å². The first-order valence-corrected chi connectivity index (χ1v) is 6.35. The van der Waals surface area contributed by atoms with Crippen molar-refractivity contribution in [2.24, 2.45) is 11.7 Å². The highest BCUT2D eigenvalue weighted by Gasteiger charge is 2.39. The molecule has 1 saturated carbocycles. The molecular weight excluding hydrogens is 231 g/mol. The van der Waals surface area contributed by atoms with Crippen LogP contribution in [0.3, 0.4) is 0 Å². The maximum Gasteiger partial charge on any atom is 0.243 e. The van der Waals surface area contributed by atoms with Crippen molar-refractivity contribution in [3.63, 3.8) is 0 Å². The highest BCUT2D eigenvalue weighted by molar-refractivity contribution is 5.88. The molecule has 0 saturated heterocycles. The van der Waals surface area contributed by atoms with E-state index >= 15 is 0 Å². The molecule has 0 spiro atoms. The van der Waals surface area contributed by atoms with Gasteiger partial charge in [0.1, 0.15) is 11.4 Å². The van der Waals surface area contributed by atoms with E-state index < -0.39 is 5.54 Å². The van der Waals surface area contributed by atoms with Crippen molar-refractivity contribution < 1.29 is 9.18 Å². The van der Waals surface area contributed by atoms with Gasteiger partial charge in [0.05, 0.1) is 0 Å². The van der Waals surface area contributed by atoms with E-state index in [-0.39, 0.29) is 11.7 Å². The number of nitrogens with two attached hydrogens (primary N) is 1. The number of rotatable bonds is 3. The summed E-state index contributed by atoms with van der Waals surface area (Å²) in [6.45, 7) is 2.17. The Morgan fingerprint density at radius 2 is 2.11 bits per heavy atom. The Morgan fingerprint density at radius 3 is 2.67 bits per heavy atom. The van der Waals surface area contributed by atoms with Crippen molar-refractivity contribution in [1.82, 2.24) is 0 Å². The predicted molar refractivity (Wildman–Crippen MR) is 69.6 cm³/mol. The second-order valence-electron chi connectivity index (χ2n) is 5.26. The molecule has 3 nitrogen and oxygen atoms in total. The van der Waals surface area contributed by atoms with Gasteiger partial charge in [-0.15, -0.1) is 0 Å². The first-order chi connectivity index (χ1) is 8.52. The first-order valence-electron chi connectivity index (χ1n) is 6.35. The number of anilines is 1. The van der Waals surface area contributed by atoms with Gasteiger partial charge in [-0.1, -0.05) is 13.0 Å². The van der Waals surface area contributed by atoms with Crippen LogP contribution in [0.4, 0.5) is 10.1 Å². The zero-order valence-electron chi connectivity index (χ0n) is 10.6. The third-order valence-electron chi connectivity index (χ3n) is 3.81. The highest BCUT2D eigenvalue weighted by Crippen LogP contribution is 2.34. The van der Waals surface area contributed by atoms with Gasteiger partial charge in [0, 0.05) is 5.69 Å². The fourth-order valence-corrected chi connectivity index (χ4v) is 2.53. The molecule has 1 aromatic carbocycles. The minimum absolute atomic E-state index is 0.316. The molecule has 1 fully saturated rings. The van der Waals surface area contributed by atoms with Crippen LogP contribution in [0.2, 0.25) is 0 Å². The summed E-state index contributed by atoms with van der Waals surface area (Å²) in [5.74, 6) is -0.0470. The molecule has 1 aromatic rings. The molecule has 0 aromatic heterocycles. The Hall–Kier alpha value is -1.58. The van der Waals surface area contributed by atoms with E-state index in [2.05, 4.69) is 12.2 Å². The van der Waals surface area contributed by atoms with Gasteiger partial charge in [0.2, 0.25) is 5.91 Å². The second kappa shape index (κ2) is 4.96. The molecule has 1 aliphatic rings. The Morgan fingerprint density at radius 1 is 1.44 bits per heavy atom. The molecule has 0 atom stereocenters. The molecular formula is C14H19FN2O. The van der Waals surface area contributed by atoms with Crippen molar-refractivity contribution >= 4 is 11.6 Å². The molecule has 2 rings (SSSR count). The molecule has 1 amide bonds. The van der Waals surface area contributed by atoms with E-state index in [4.69, 9.17) is 5.73 Å². The van der Waals surface area contributed by atoms with E-state index in [1.165, 1.54) is 12.1 Å². The van der Waals surface area contributed by atoms with Crippen LogP contribution >= 0.6 is 0 Å². The van der Waals surface area contributed by atoms with Crippen molar-refractivity contribution in [2.45, 2.75) is 38.1 Å². The Balaban J connectivity index is 2.19. The van der Waals surface area contributed by atoms with Gasteiger partial charge in [0.25, 0.3) is 0 Å². The van der Waals surface area contributed by atoms with Gasteiger partial charge >= 0.3 is 0 Å². The topological polar surface area (TPSA) is 55.1 Å². The Bertz CT molecular complexity index is 439. The van der Waals surface area contributed by atoms with Crippen LogP contribution in [-0.4, -0.2) is 11.4 Å². The normalized spacial score (nSPS) is 27.8. The maximum absolute atomic E-state index is 13.2. The number of carbonyl (C=O) groups is 1. The lowest BCUT2D eigenvalue weighted by molar-refractivity contribution is -0.123. The molecule has 0 unspecified atom stereocenters. The van der Waals surface area contributed by atoms with Gasteiger partial charge in [-0.05, 0) is 49.8 Å². The Kier molecular flexibility index (Phi) is 3.55. The summed E-state index contributed by atoms with van der Waals surface area (Å²) in [7, 11) is 0. The third kappa shape index (κ3) is 2.63. The largest absolute Gasteiger partial charge is 0.371 e. The summed E-state index contributed by atoms with van der Waals surface area (Å²) in [4.78, 5) is 11.7. The van der Waals surface area contributed by atoms with E-state index in [0.29, 0.717) is 24.4 Å². The number of carbonyl (C=O) groups excluding carboxylic acids is 1. The fraction of sp³-hybridized carbons (Fsp3) is 0.500. The van der Waals surface area contributed by atoms with Gasteiger partial charge in [-0.2, -0.15) is 0 Å². The number of benzene rings is 1. The first kappa shape index (κ1) is 12.9. The van der Waals surface area contributed by atoms with Crippen molar-refractivity contribution in [2.75, 3.05) is 5.32 Å². The summed E-state index contributed by atoms with van der Waals surface area (Å²) in [6.07, 6.45) is 3.34. The summed E-state index contributed by atoms with van der Waals surface area (Å²) >= 11 is 0. The highest BCUT2D eigenvalue weighted by atomic mass is 19.1. The molecule has 18 heavy (non-hydrogen) atoms. The predicted octanol–water partition coefficient (Wildman–Crippen LogP) is 2.67. The van der Waals surface area contributed by atoms with E-state index in [0.717, 1.165) is 12.8 Å². The van der Waals surface area contributed by atoms with Crippen LogP contribution in [0.25, 0.3) is 0 Å². The zero-order valence-corrected chi connectivity index (χ0v) is 10.6. The van der Waals surface area contributed by atoms with Crippen LogP contribution in [0, 0.1) is 11.7 Å². The van der Waals surface area contributed by atoms with Crippen molar-refractivity contribution in [1.29, 1.82) is 0 Å². The summed E-state index contributed by atoms with van der Waals surface area (Å²) in [6, 6.07) is 6.15. The zero-order chi connectivity index (χ0) is 13.2. The number of halogens is 1. The molecule has 0 aliphatic heterocycles. The second-order valence-corrected chi connectivity index (χ2v) is 5.26. The van der Waals surface area contributed by atoms with Crippen LogP contribution in [-0.2, 0) is 4.79 Å². The average molecular weight is 250 g/mol. The smallest absolute Gasteiger partial charge is 0.243 e. The van der Waals surface area contributed by atoms with Crippen LogP contribution in [0.5, 0.6) is 0 Å². The summed E-state index contributed by atoms with van der Waals surface area (Å²) < 4.78 is 13.2. The molecule has 0 heterocycles. The monoisotopic (exact) mass is 250 g/mol. The lowest BCUT2D eigenvalue weighted by Gasteiger charge is -2.38. The minimum Gasteiger partial charge on any atom is -0.371 e. The third-order valence-corrected chi connectivity index (χ3v) is 3.81. The molecule has 4 heteroatoms. The van der Waals surface area contributed by atoms with Crippen molar-refractivity contribution in [3.8, 4) is 0 Å². The molecule has 98 valence electrons. The summed E-state index contributed by atoms with van der Waals surface area (Å²) in [5, 5.41) is 3.14. The summed E-state index contributed by atoms with van der Waals surface area (Å²) in [5.41, 5.74) is 5.43. The quantitative estimate of drug-likeness (QED) is 0.866. The average Bonchev–Trinajstić information content (AvgIpc) is 2.32. The molecule has 0 radical (unpaired) electrons. The van der Waals surface area contributed by atoms with Crippen molar-refractivity contribution in [3.05, 3.63) is 30.1 Å². The standard InChI is InChI=1S/C14H19FN2O/c1-10-5-7-14(8-6-10,13(16)18)17-12-4-2-3-11(15)9-12/h2-4,9-10,17H,5-8H2,1H3,(H2,16,18). The molecule has 1 aliphatic carbocycles. The minimum atomic E-state index is -0.722. The van der Waals surface area contributed by atoms with Gasteiger partial charge < -0.3 is 11.1 Å². The Labute approximate surface area is 107 Å². The molecule has 3 N–H and O–H groups in total. The van der Waals surface area contributed by atoms with E-state index in [9.17, 15) is 9.18 Å². The van der Waals surface area contributed by atoms with Crippen LogP contribution < -0.4 is 11.1 Å². The van der Waals surface area contributed by atoms with Gasteiger partial charge in [-0.3, -0.25) is 4.79 Å². The van der Waals surface area contributed by atoms with Crippen LogP contribution in [0.15, 0.2) is 24.3 Å². The number of nitrogens with one attached hydrogen (secondary N) is 1. The number of hydrogen-bond donors (Lipinski definition) is 2. The van der Waals surface area contributed by atoms with E-state index in [1.807, 2.05) is 0 Å². The number of primary amides is 1. The lowest BCUT2D eigenvalue weighted by Crippen LogP contribution is -2.52. The fourth-order valence-electron chi connectivity index (χ4n) is 2.53. The van der Waals surface area contributed by atoms with E-state index in [1.54, 1.807) is 12.1 Å². The number of amides is 1. The maximum atomic E-state index is 13.2. The van der Waals surface area contributed by atoms with Crippen LogP contribution in [0.1, 0.15) is 32.6 Å². The lowest BCUT2D eigenvalue weighted by atomic mass is 9.76. The van der Waals surface area contributed by atoms with Gasteiger partial charge in [-0.25, -0.2) is 4.39 Å². The SMILES string of the molecule is CC1CCC(Nc2cccc(F)c2)(C(N)=O)CC1. The number of hydrogen-bond acceptors (Lipinski definition) is 2.